The number of carboxylic acid groups (broad SMARTS) is 4. The molecule has 0 bridgehead atoms. The molecule has 0 rings (SSSR count). The molecule has 3 atom stereocenters. The Labute approximate surface area is 124 Å². The molecule has 0 radical (unpaired) electrons. The van der Waals surface area contributed by atoms with Crippen molar-refractivity contribution in [2.75, 3.05) is 13.2 Å². The molecule has 0 heterocycles. The summed E-state index contributed by atoms with van der Waals surface area (Å²) in [5.41, 5.74) is 0. The lowest BCUT2D eigenvalue weighted by molar-refractivity contribution is -0.166. The molecule has 3 unspecified atom stereocenters. The van der Waals surface area contributed by atoms with Gasteiger partial charge in [0.2, 0.25) is 0 Å². The SMILES string of the molecule is CC(OC(CO)C(=O)O)C(=O)O.CC(OCC(=O)O)C(=O)O. The number of ether oxygens (including phenoxy) is 2. The highest BCUT2D eigenvalue weighted by Gasteiger charge is 2.23. The second-order valence-corrected chi connectivity index (χ2v) is 3.81. The summed E-state index contributed by atoms with van der Waals surface area (Å²) in [7, 11) is 0. The van der Waals surface area contributed by atoms with E-state index in [1.54, 1.807) is 0 Å². The van der Waals surface area contributed by atoms with Gasteiger partial charge in [0.15, 0.2) is 18.3 Å². The Kier molecular flexibility index (Phi) is 11.4. The van der Waals surface area contributed by atoms with Gasteiger partial charge in [0.1, 0.15) is 6.61 Å². The first-order valence-electron chi connectivity index (χ1n) is 5.81. The molecule has 0 aromatic carbocycles. The maximum Gasteiger partial charge on any atom is 0.335 e. The minimum absolute atomic E-state index is 0.576. The van der Waals surface area contributed by atoms with Crippen LogP contribution in [-0.4, -0.2) is 80.9 Å². The van der Waals surface area contributed by atoms with Crippen molar-refractivity contribution in [3.8, 4) is 0 Å². The summed E-state index contributed by atoms with van der Waals surface area (Å²) in [5.74, 6) is -4.99. The van der Waals surface area contributed by atoms with Crippen LogP contribution in [0.3, 0.4) is 0 Å². The van der Waals surface area contributed by atoms with Gasteiger partial charge in [-0.05, 0) is 13.8 Å². The normalized spacial score (nSPS) is 14.0. The van der Waals surface area contributed by atoms with E-state index in [0.717, 1.165) is 0 Å². The number of carboxylic acids is 4. The fourth-order valence-electron chi connectivity index (χ4n) is 0.752. The molecule has 0 aliphatic carbocycles. The summed E-state index contributed by atoms with van der Waals surface area (Å²) in [6, 6.07) is 0. The second kappa shape index (κ2) is 11.4. The van der Waals surface area contributed by atoms with E-state index in [9.17, 15) is 19.2 Å². The molecule has 0 aromatic heterocycles. The first-order valence-corrected chi connectivity index (χ1v) is 5.81. The van der Waals surface area contributed by atoms with Crippen molar-refractivity contribution in [2.24, 2.45) is 0 Å². The van der Waals surface area contributed by atoms with Crippen LogP contribution in [0.5, 0.6) is 0 Å². The highest BCUT2D eigenvalue weighted by molar-refractivity contribution is 5.75. The zero-order chi connectivity index (χ0) is 17.9. The molecule has 0 aliphatic rings. The molecule has 22 heavy (non-hydrogen) atoms. The van der Waals surface area contributed by atoms with Crippen molar-refractivity contribution in [1.82, 2.24) is 0 Å². The van der Waals surface area contributed by atoms with Gasteiger partial charge in [-0.15, -0.1) is 0 Å². The van der Waals surface area contributed by atoms with Crippen molar-refractivity contribution in [3.05, 3.63) is 0 Å². The standard InChI is InChI=1S/C6H10O6.C5H8O5/c1-3(5(8)9)12-4(2-7)6(10)11;1-3(5(8)9)10-2-4(6)7/h3-4,7H,2H2,1H3,(H,8,9)(H,10,11);3H,2H2,1H3,(H,6,7)(H,8,9). The number of hydrogen-bond donors (Lipinski definition) is 5. The van der Waals surface area contributed by atoms with Gasteiger partial charge >= 0.3 is 23.9 Å². The van der Waals surface area contributed by atoms with Crippen LogP contribution in [-0.2, 0) is 28.7 Å². The molecule has 11 heteroatoms. The van der Waals surface area contributed by atoms with Gasteiger partial charge in [0, 0.05) is 0 Å². The average molecular weight is 326 g/mol. The third-order valence-electron chi connectivity index (χ3n) is 1.96. The summed E-state index contributed by atoms with van der Waals surface area (Å²) in [6.07, 6.45) is -3.77. The summed E-state index contributed by atoms with van der Waals surface area (Å²) in [5, 5.41) is 41.3. The predicted octanol–water partition coefficient (Wildman–Crippen LogP) is -1.52. The average Bonchev–Trinajstić information content (AvgIpc) is 2.41. The number of rotatable bonds is 9. The lowest BCUT2D eigenvalue weighted by Crippen LogP contribution is -2.34. The Morgan fingerprint density at radius 2 is 1.32 bits per heavy atom. The Morgan fingerprint density at radius 3 is 1.59 bits per heavy atom. The smallest absolute Gasteiger partial charge is 0.335 e. The van der Waals surface area contributed by atoms with Crippen molar-refractivity contribution in [3.63, 3.8) is 0 Å². The predicted molar refractivity (Wildman–Crippen MR) is 67.4 cm³/mol. The largest absolute Gasteiger partial charge is 0.480 e. The van der Waals surface area contributed by atoms with Gasteiger partial charge in [-0.2, -0.15) is 0 Å². The summed E-state index contributed by atoms with van der Waals surface area (Å²) in [6.45, 7) is 1.14. The van der Waals surface area contributed by atoms with E-state index in [1.807, 2.05) is 0 Å². The lowest BCUT2D eigenvalue weighted by atomic mass is 10.3. The molecule has 128 valence electrons. The van der Waals surface area contributed by atoms with Crippen molar-refractivity contribution < 1.29 is 54.2 Å². The number of aliphatic hydroxyl groups excluding tert-OH is 1. The van der Waals surface area contributed by atoms with Gasteiger partial charge in [-0.1, -0.05) is 0 Å². The number of aliphatic carboxylic acids is 4. The highest BCUT2D eigenvalue weighted by Crippen LogP contribution is 1.98. The van der Waals surface area contributed by atoms with E-state index in [2.05, 4.69) is 9.47 Å². The van der Waals surface area contributed by atoms with Crippen LogP contribution in [0.4, 0.5) is 0 Å². The molecule has 0 fully saturated rings. The maximum absolute atomic E-state index is 10.2. The van der Waals surface area contributed by atoms with E-state index >= 15 is 0 Å². The lowest BCUT2D eigenvalue weighted by Gasteiger charge is -2.13. The topological polar surface area (TPSA) is 188 Å². The zero-order valence-corrected chi connectivity index (χ0v) is 11.8. The van der Waals surface area contributed by atoms with Crippen LogP contribution in [0.25, 0.3) is 0 Å². The molecular formula is C11H18O11. The first kappa shape index (κ1) is 22.0. The van der Waals surface area contributed by atoms with E-state index in [-0.39, 0.29) is 0 Å². The highest BCUT2D eigenvalue weighted by atomic mass is 16.6. The minimum atomic E-state index is -1.48. The molecule has 5 N–H and O–H groups in total. The van der Waals surface area contributed by atoms with Crippen molar-refractivity contribution in [1.29, 1.82) is 0 Å². The molecule has 0 spiro atoms. The molecular weight excluding hydrogens is 308 g/mol. The monoisotopic (exact) mass is 326 g/mol. The zero-order valence-electron chi connectivity index (χ0n) is 11.8. The van der Waals surface area contributed by atoms with Crippen LogP contribution < -0.4 is 0 Å². The minimum Gasteiger partial charge on any atom is -0.480 e. The van der Waals surface area contributed by atoms with Crippen LogP contribution >= 0.6 is 0 Å². The third kappa shape index (κ3) is 11.6. The van der Waals surface area contributed by atoms with E-state index in [0.29, 0.717) is 0 Å². The maximum atomic E-state index is 10.2. The Bertz CT molecular complexity index is 391. The van der Waals surface area contributed by atoms with Crippen molar-refractivity contribution >= 4 is 23.9 Å². The van der Waals surface area contributed by atoms with Gasteiger partial charge < -0.3 is 35.0 Å². The molecule has 0 aliphatic heterocycles. The second-order valence-electron chi connectivity index (χ2n) is 3.81. The summed E-state index contributed by atoms with van der Waals surface area (Å²) in [4.78, 5) is 40.2. The molecule has 0 amide bonds. The van der Waals surface area contributed by atoms with Crippen LogP contribution in [0.15, 0.2) is 0 Å². The first-order chi connectivity index (χ1) is 10.0. The van der Waals surface area contributed by atoms with Gasteiger partial charge in [-0.25, -0.2) is 19.2 Å². The Morgan fingerprint density at radius 1 is 0.864 bits per heavy atom. The van der Waals surface area contributed by atoms with Crippen LogP contribution in [0, 0.1) is 0 Å². The summed E-state index contributed by atoms with van der Waals surface area (Å²) < 4.78 is 8.84. The van der Waals surface area contributed by atoms with Crippen molar-refractivity contribution in [2.45, 2.75) is 32.2 Å². The molecule has 0 aromatic rings. The van der Waals surface area contributed by atoms with Gasteiger partial charge in [0.25, 0.3) is 0 Å². The Balaban J connectivity index is 0. The Hall–Kier alpha value is -2.24. The molecule has 11 nitrogen and oxygen atoms in total. The van der Waals surface area contributed by atoms with Crippen LogP contribution in [0.2, 0.25) is 0 Å². The van der Waals surface area contributed by atoms with Crippen LogP contribution in [0.1, 0.15) is 13.8 Å². The number of hydrogen-bond acceptors (Lipinski definition) is 7. The summed E-state index contributed by atoms with van der Waals surface area (Å²) >= 11 is 0. The fraction of sp³-hybridized carbons (Fsp3) is 0.636. The number of aliphatic hydroxyl groups is 1. The molecule has 0 saturated carbocycles. The molecule has 0 saturated heterocycles. The number of carbonyl (C=O) groups is 4. The third-order valence-corrected chi connectivity index (χ3v) is 1.96. The van der Waals surface area contributed by atoms with E-state index in [4.69, 9.17) is 25.5 Å². The fourth-order valence-corrected chi connectivity index (χ4v) is 0.752. The van der Waals surface area contributed by atoms with E-state index < -0.39 is 55.4 Å². The quantitative estimate of drug-likeness (QED) is 0.331. The van der Waals surface area contributed by atoms with Gasteiger partial charge in [0.05, 0.1) is 6.61 Å². The van der Waals surface area contributed by atoms with Gasteiger partial charge in [-0.3, -0.25) is 0 Å². The van der Waals surface area contributed by atoms with E-state index in [1.165, 1.54) is 13.8 Å².